The minimum Gasteiger partial charge on any atom is -0.382 e. The maximum absolute atomic E-state index is 10.0. The van der Waals surface area contributed by atoms with E-state index in [4.69, 9.17) is 4.52 Å². The highest BCUT2D eigenvalue weighted by atomic mass is 16.5. The van der Waals surface area contributed by atoms with Crippen LogP contribution in [0.4, 0.5) is 0 Å². The highest BCUT2D eigenvalue weighted by Gasteiger charge is 2.25. The molecule has 3 nitrogen and oxygen atoms in total. The van der Waals surface area contributed by atoms with Crippen molar-refractivity contribution in [2.24, 2.45) is 0 Å². The monoisotopic (exact) mass is 217 g/mol. The zero-order valence-electron chi connectivity index (χ0n) is 9.47. The molecule has 0 fully saturated rings. The van der Waals surface area contributed by atoms with Gasteiger partial charge in [0, 0.05) is 11.6 Å². The van der Waals surface area contributed by atoms with E-state index in [1.807, 2.05) is 37.3 Å². The smallest absolute Gasteiger partial charge is 0.168 e. The van der Waals surface area contributed by atoms with E-state index in [0.717, 1.165) is 11.3 Å². The molecule has 0 aliphatic rings. The van der Waals surface area contributed by atoms with Crippen molar-refractivity contribution in [2.45, 2.75) is 25.9 Å². The Labute approximate surface area is 94.7 Å². The maximum atomic E-state index is 10.0. The van der Waals surface area contributed by atoms with E-state index in [2.05, 4.69) is 5.16 Å². The highest BCUT2D eigenvalue weighted by Crippen LogP contribution is 2.28. The predicted molar refractivity (Wildman–Crippen MR) is 61.8 cm³/mol. The zero-order chi connectivity index (χ0) is 11.6. The third kappa shape index (κ3) is 1.99. The van der Waals surface area contributed by atoms with Crippen LogP contribution in [0.1, 0.15) is 26.0 Å². The lowest BCUT2D eigenvalue weighted by molar-refractivity contribution is 0.0244. The van der Waals surface area contributed by atoms with Gasteiger partial charge < -0.3 is 9.63 Å². The molecule has 0 aliphatic heterocycles. The fraction of sp³-hybridized carbons (Fsp3) is 0.308. The van der Waals surface area contributed by atoms with Crippen molar-refractivity contribution in [3.8, 4) is 11.3 Å². The van der Waals surface area contributed by atoms with Gasteiger partial charge in [0.05, 0.1) is 0 Å². The van der Waals surface area contributed by atoms with Gasteiger partial charge in [-0.2, -0.15) is 0 Å². The van der Waals surface area contributed by atoms with Gasteiger partial charge >= 0.3 is 0 Å². The van der Waals surface area contributed by atoms with Crippen molar-refractivity contribution < 1.29 is 9.63 Å². The van der Waals surface area contributed by atoms with E-state index >= 15 is 0 Å². The fourth-order valence-electron chi connectivity index (χ4n) is 1.45. The molecule has 0 spiro atoms. The Balaban J connectivity index is 2.34. The zero-order valence-corrected chi connectivity index (χ0v) is 9.47. The molecule has 0 bridgehead atoms. The molecule has 0 amide bonds. The third-order valence-corrected chi connectivity index (χ3v) is 2.80. The predicted octanol–water partition coefficient (Wildman–Crippen LogP) is 2.96. The Morgan fingerprint density at radius 1 is 1.31 bits per heavy atom. The maximum Gasteiger partial charge on any atom is 0.168 e. The Kier molecular flexibility index (Phi) is 2.79. The van der Waals surface area contributed by atoms with Crippen LogP contribution >= 0.6 is 0 Å². The molecule has 1 aromatic heterocycles. The summed E-state index contributed by atoms with van der Waals surface area (Å²) in [6, 6.07) is 11.6. The number of aliphatic hydroxyl groups is 1. The van der Waals surface area contributed by atoms with Crippen LogP contribution in [-0.4, -0.2) is 10.3 Å². The molecule has 0 radical (unpaired) electrons. The molecule has 0 aliphatic carbocycles. The number of nitrogens with zero attached hydrogens (tertiary/aromatic N) is 1. The summed E-state index contributed by atoms with van der Waals surface area (Å²) in [4.78, 5) is 0. The molecule has 1 unspecified atom stereocenters. The van der Waals surface area contributed by atoms with Crippen LogP contribution in [0.3, 0.4) is 0 Å². The molecule has 0 saturated heterocycles. The van der Waals surface area contributed by atoms with E-state index in [1.165, 1.54) is 0 Å². The van der Waals surface area contributed by atoms with Crippen LogP contribution < -0.4 is 0 Å². The molecule has 84 valence electrons. The first-order chi connectivity index (χ1) is 7.63. The highest BCUT2D eigenvalue weighted by molar-refractivity contribution is 5.58. The van der Waals surface area contributed by atoms with Crippen LogP contribution in [-0.2, 0) is 5.60 Å². The summed E-state index contributed by atoms with van der Waals surface area (Å²) in [5.41, 5.74) is 0.800. The number of benzene rings is 1. The summed E-state index contributed by atoms with van der Waals surface area (Å²) in [6.07, 6.45) is 0.594. The summed E-state index contributed by atoms with van der Waals surface area (Å²) in [5, 5.41) is 14.0. The second-order valence-corrected chi connectivity index (χ2v) is 4.07. The first-order valence-electron chi connectivity index (χ1n) is 5.38. The second-order valence-electron chi connectivity index (χ2n) is 4.07. The minimum absolute atomic E-state index is 0.508. The first-order valence-corrected chi connectivity index (χ1v) is 5.38. The van der Waals surface area contributed by atoms with E-state index < -0.39 is 5.60 Å². The summed E-state index contributed by atoms with van der Waals surface area (Å²) < 4.78 is 5.17. The van der Waals surface area contributed by atoms with Gasteiger partial charge in [-0.1, -0.05) is 42.4 Å². The molecule has 1 N–H and O–H groups in total. The average Bonchev–Trinajstić information content (AvgIpc) is 2.80. The summed E-state index contributed by atoms with van der Waals surface area (Å²) in [6.45, 7) is 3.63. The third-order valence-electron chi connectivity index (χ3n) is 2.80. The Bertz CT molecular complexity index is 460. The lowest BCUT2D eigenvalue weighted by Gasteiger charge is -2.16. The van der Waals surface area contributed by atoms with Gasteiger partial charge in [0.25, 0.3) is 0 Å². The van der Waals surface area contributed by atoms with Crippen LogP contribution in [0.25, 0.3) is 11.3 Å². The number of aromatic nitrogens is 1. The molecule has 1 aromatic carbocycles. The molecular weight excluding hydrogens is 202 g/mol. The summed E-state index contributed by atoms with van der Waals surface area (Å²) in [5.74, 6) is 0.508. The summed E-state index contributed by atoms with van der Waals surface area (Å²) >= 11 is 0. The van der Waals surface area contributed by atoms with Gasteiger partial charge in [-0.3, -0.25) is 0 Å². The molecule has 2 aromatic rings. The molecule has 1 atom stereocenters. The molecule has 1 heterocycles. The van der Waals surface area contributed by atoms with Gasteiger partial charge in [-0.05, 0) is 13.3 Å². The topological polar surface area (TPSA) is 46.3 Å². The lowest BCUT2D eigenvalue weighted by atomic mass is 9.99. The number of hydrogen-bond acceptors (Lipinski definition) is 3. The number of hydrogen-bond donors (Lipinski definition) is 1. The normalized spacial score (nSPS) is 14.7. The van der Waals surface area contributed by atoms with Crippen molar-refractivity contribution in [3.63, 3.8) is 0 Å². The van der Waals surface area contributed by atoms with Crippen molar-refractivity contribution >= 4 is 0 Å². The Morgan fingerprint density at radius 3 is 2.62 bits per heavy atom. The molecule has 16 heavy (non-hydrogen) atoms. The quantitative estimate of drug-likeness (QED) is 0.859. The Hall–Kier alpha value is -1.61. The number of rotatable bonds is 3. The van der Waals surface area contributed by atoms with Crippen LogP contribution in [0.5, 0.6) is 0 Å². The van der Waals surface area contributed by atoms with Crippen LogP contribution in [0.2, 0.25) is 0 Å². The fourth-order valence-corrected chi connectivity index (χ4v) is 1.45. The van der Waals surface area contributed by atoms with Crippen molar-refractivity contribution in [2.75, 3.05) is 0 Å². The molecule has 0 saturated carbocycles. The van der Waals surface area contributed by atoms with E-state index in [9.17, 15) is 5.11 Å². The van der Waals surface area contributed by atoms with Gasteiger partial charge in [0.15, 0.2) is 5.76 Å². The van der Waals surface area contributed by atoms with E-state index in [-0.39, 0.29) is 0 Å². The summed E-state index contributed by atoms with van der Waals surface area (Å²) in [7, 11) is 0. The second kappa shape index (κ2) is 4.10. The van der Waals surface area contributed by atoms with Gasteiger partial charge in [0.2, 0.25) is 0 Å². The van der Waals surface area contributed by atoms with Gasteiger partial charge in [0.1, 0.15) is 11.3 Å². The largest absolute Gasteiger partial charge is 0.382 e. The van der Waals surface area contributed by atoms with Crippen molar-refractivity contribution in [3.05, 3.63) is 42.2 Å². The average molecular weight is 217 g/mol. The van der Waals surface area contributed by atoms with Crippen LogP contribution in [0.15, 0.2) is 40.9 Å². The van der Waals surface area contributed by atoms with E-state index in [0.29, 0.717) is 12.2 Å². The van der Waals surface area contributed by atoms with Gasteiger partial charge in [-0.25, -0.2) is 0 Å². The van der Waals surface area contributed by atoms with Crippen molar-refractivity contribution in [1.82, 2.24) is 5.16 Å². The SMILES string of the molecule is CCC(C)(O)c1cc(-c2ccccc2)no1. The standard InChI is InChI=1S/C13H15NO2/c1-3-13(2,15)12-9-11(14-16-12)10-7-5-4-6-8-10/h4-9,15H,3H2,1-2H3. The minimum atomic E-state index is -0.944. The first kappa shape index (κ1) is 10.9. The molecule has 2 rings (SSSR count). The lowest BCUT2D eigenvalue weighted by Crippen LogP contribution is -2.18. The van der Waals surface area contributed by atoms with Crippen molar-refractivity contribution in [1.29, 1.82) is 0 Å². The molecule has 3 heteroatoms. The van der Waals surface area contributed by atoms with Gasteiger partial charge in [-0.15, -0.1) is 0 Å². The van der Waals surface area contributed by atoms with Crippen LogP contribution in [0, 0.1) is 0 Å². The molecular formula is C13H15NO2. The van der Waals surface area contributed by atoms with E-state index in [1.54, 1.807) is 13.0 Å². The Morgan fingerprint density at radius 2 is 2.00 bits per heavy atom.